The van der Waals surface area contributed by atoms with Crippen molar-refractivity contribution in [3.63, 3.8) is 0 Å². The van der Waals surface area contributed by atoms with E-state index in [1.165, 1.54) is 11.8 Å². The van der Waals surface area contributed by atoms with Crippen molar-refractivity contribution in [2.75, 3.05) is 11.1 Å². The summed E-state index contributed by atoms with van der Waals surface area (Å²) in [5, 5.41) is 3.81. The van der Waals surface area contributed by atoms with Crippen LogP contribution in [0.1, 0.15) is 18.2 Å². The van der Waals surface area contributed by atoms with E-state index in [1.807, 2.05) is 32.9 Å². The molecule has 1 amide bonds. The Hall–Kier alpha value is -2.25. The molecule has 2 aromatic heterocycles. The first kappa shape index (κ1) is 18.5. The summed E-state index contributed by atoms with van der Waals surface area (Å²) in [6, 6.07) is 7.28. The molecule has 0 bridgehead atoms. The number of thioether (sulfide) groups is 1. The molecule has 6 nitrogen and oxygen atoms in total. The lowest BCUT2D eigenvalue weighted by Gasteiger charge is -2.10. The van der Waals surface area contributed by atoms with Crippen molar-refractivity contribution < 1.29 is 4.79 Å². The number of aromatic nitrogens is 3. The molecule has 2 N–H and O–H groups in total. The highest BCUT2D eigenvalue weighted by Crippen LogP contribution is 2.24. The smallest absolute Gasteiger partial charge is 0.278 e. The summed E-state index contributed by atoms with van der Waals surface area (Å²) in [4.78, 5) is 32.4. The molecule has 0 fully saturated rings. The van der Waals surface area contributed by atoms with E-state index in [2.05, 4.69) is 15.3 Å². The van der Waals surface area contributed by atoms with Crippen molar-refractivity contribution in [2.45, 2.75) is 32.5 Å². The summed E-state index contributed by atoms with van der Waals surface area (Å²) < 4.78 is 1.56. The number of aryl methyl sites for hydroxylation is 2. The molecule has 3 rings (SSSR count). The molecule has 136 valence electrons. The predicted molar refractivity (Wildman–Crippen MR) is 106 cm³/mol. The van der Waals surface area contributed by atoms with Gasteiger partial charge in [0.1, 0.15) is 5.52 Å². The number of rotatable bonds is 5. The number of carbonyl (C=O) groups excluding carboxylic acids is 1. The SMILES string of the molecule is CCn1c(SCC(=O)Nc2ccc(C)cc2Cl)nc2cc(C)[nH]c2c1=O. The average molecular weight is 391 g/mol. The van der Waals surface area contributed by atoms with Gasteiger partial charge in [0, 0.05) is 12.2 Å². The topological polar surface area (TPSA) is 79.8 Å². The van der Waals surface area contributed by atoms with Gasteiger partial charge in [-0.05, 0) is 44.5 Å². The second-order valence-electron chi connectivity index (χ2n) is 5.98. The highest BCUT2D eigenvalue weighted by Gasteiger charge is 2.14. The molecule has 3 aromatic rings. The largest absolute Gasteiger partial charge is 0.353 e. The molecule has 0 saturated heterocycles. The van der Waals surface area contributed by atoms with Gasteiger partial charge in [-0.1, -0.05) is 29.4 Å². The van der Waals surface area contributed by atoms with Crippen LogP contribution in [0.3, 0.4) is 0 Å². The molecule has 0 saturated carbocycles. The Morgan fingerprint density at radius 2 is 2.12 bits per heavy atom. The number of halogens is 1. The molecule has 0 aliphatic rings. The van der Waals surface area contributed by atoms with Crippen LogP contribution < -0.4 is 10.9 Å². The molecule has 0 aliphatic heterocycles. The van der Waals surface area contributed by atoms with E-state index < -0.39 is 0 Å². The third kappa shape index (κ3) is 3.78. The van der Waals surface area contributed by atoms with Gasteiger partial charge in [0.2, 0.25) is 5.91 Å². The number of carbonyl (C=O) groups is 1. The van der Waals surface area contributed by atoms with Gasteiger partial charge in [-0.3, -0.25) is 14.2 Å². The number of aromatic amines is 1. The molecule has 0 aliphatic carbocycles. The minimum atomic E-state index is -0.206. The monoisotopic (exact) mass is 390 g/mol. The van der Waals surface area contributed by atoms with Crippen molar-refractivity contribution in [1.29, 1.82) is 0 Å². The number of benzene rings is 1. The third-order valence-electron chi connectivity index (χ3n) is 3.88. The van der Waals surface area contributed by atoms with Crippen LogP contribution in [0.2, 0.25) is 5.02 Å². The van der Waals surface area contributed by atoms with E-state index in [1.54, 1.807) is 16.7 Å². The van der Waals surface area contributed by atoms with Gasteiger partial charge in [0.15, 0.2) is 5.16 Å². The fraction of sp³-hybridized carbons (Fsp3) is 0.278. The van der Waals surface area contributed by atoms with Crippen molar-refractivity contribution >= 4 is 46.0 Å². The molecule has 2 heterocycles. The summed E-state index contributed by atoms with van der Waals surface area (Å²) in [6.07, 6.45) is 0. The molecular weight excluding hydrogens is 372 g/mol. The first-order valence-electron chi connectivity index (χ1n) is 8.18. The quantitative estimate of drug-likeness (QED) is 0.513. The molecular formula is C18H19ClN4O2S. The lowest BCUT2D eigenvalue weighted by molar-refractivity contribution is -0.113. The van der Waals surface area contributed by atoms with E-state index in [-0.39, 0.29) is 17.2 Å². The zero-order chi connectivity index (χ0) is 18.8. The Morgan fingerprint density at radius 1 is 1.35 bits per heavy atom. The fourth-order valence-electron chi connectivity index (χ4n) is 2.64. The van der Waals surface area contributed by atoms with Crippen molar-refractivity contribution in [2.24, 2.45) is 0 Å². The number of H-pyrrole nitrogens is 1. The summed E-state index contributed by atoms with van der Waals surface area (Å²) in [6.45, 7) is 6.17. The second kappa shape index (κ2) is 7.55. The van der Waals surface area contributed by atoms with Crippen molar-refractivity contribution in [1.82, 2.24) is 14.5 Å². The van der Waals surface area contributed by atoms with Crippen LogP contribution in [-0.2, 0) is 11.3 Å². The Bertz CT molecular complexity index is 1040. The third-order valence-corrected chi connectivity index (χ3v) is 5.17. The van der Waals surface area contributed by atoms with E-state index in [0.717, 1.165) is 11.3 Å². The summed E-state index contributed by atoms with van der Waals surface area (Å²) in [7, 11) is 0. The minimum Gasteiger partial charge on any atom is -0.353 e. The maximum atomic E-state index is 12.6. The summed E-state index contributed by atoms with van der Waals surface area (Å²) in [5.41, 5.74) is 3.44. The van der Waals surface area contributed by atoms with Crippen LogP contribution in [0.5, 0.6) is 0 Å². The van der Waals surface area contributed by atoms with E-state index in [4.69, 9.17) is 11.6 Å². The van der Waals surface area contributed by atoms with Crippen molar-refractivity contribution in [3.05, 3.63) is 50.9 Å². The van der Waals surface area contributed by atoms with Gasteiger partial charge in [0.25, 0.3) is 5.56 Å². The van der Waals surface area contributed by atoms with Crippen molar-refractivity contribution in [3.8, 4) is 0 Å². The van der Waals surface area contributed by atoms with Gasteiger partial charge in [-0.25, -0.2) is 4.98 Å². The average Bonchev–Trinajstić information content (AvgIpc) is 2.96. The normalized spacial score (nSPS) is 11.1. The lowest BCUT2D eigenvalue weighted by Crippen LogP contribution is -2.23. The van der Waals surface area contributed by atoms with Gasteiger partial charge >= 0.3 is 0 Å². The van der Waals surface area contributed by atoms with Gasteiger partial charge in [-0.15, -0.1) is 0 Å². The van der Waals surface area contributed by atoms with Crippen LogP contribution in [0.4, 0.5) is 5.69 Å². The molecule has 8 heteroatoms. The Kier molecular flexibility index (Phi) is 5.38. The molecule has 0 spiro atoms. The van der Waals surface area contributed by atoms with Crippen LogP contribution >= 0.6 is 23.4 Å². The maximum Gasteiger partial charge on any atom is 0.278 e. The minimum absolute atomic E-state index is 0.130. The molecule has 0 radical (unpaired) electrons. The first-order valence-corrected chi connectivity index (χ1v) is 9.54. The van der Waals surface area contributed by atoms with E-state index in [0.29, 0.717) is 33.4 Å². The number of anilines is 1. The number of nitrogens with zero attached hydrogens (tertiary/aromatic N) is 2. The Labute approximate surface area is 160 Å². The fourth-order valence-corrected chi connectivity index (χ4v) is 3.78. The van der Waals surface area contributed by atoms with Gasteiger partial charge in [0.05, 0.1) is 22.0 Å². The zero-order valence-electron chi connectivity index (χ0n) is 14.7. The Balaban J connectivity index is 1.78. The van der Waals surface area contributed by atoms with Gasteiger partial charge in [-0.2, -0.15) is 0 Å². The highest BCUT2D eigenvalue weighted by atomic mass is 35.5. The van der Waals surface area contributed by atoms with Crippen LogP contribution in [0.15, 0.2) is 34.2 Å². The summed E-state index contributed by atoms with van der Waals surface area (Å²) >= 11 is 7.37. The molecule has 0 unspecified atom stereocenters. The van der Waals surface area contributed by atoms with Crippen LogP contribution in [0.25, 0.3) is 11.0 Å². The summed E-state index contributed by atoms with van der Waals surface area (Å²) in [5.74, 6) is -0.0750. The highest BCUT2D eigenvalue weighted by molar-refractivity contribution is 7.99. The van der Waals surface area contributed by atoms with E-state index >= 15 is 0 Å². The van der Waals surface area contributed by atoms with Gasteiger partial charge < -0.3 is 10.3 Å². The molecule has 1 aromatic carbocycles. The number of nitrogens with one attached hydrogen (secondary N) is 2. The number of fused-ring (bicyclic) bond motifs is 1. The number of hydrogen-bond donors (Lipinski definition) is 2. The number of amides is 1. The van der Waals surface area contributed by atoms with Crippen LogP contribution in [0, 0.1) is 13.8 Å². The number of hydrogen-bond acceptors (Lipinski definition) is 4. The lowest BCUT2D eigenvalue weighted by atomic mass is 10.2. The maximum absolute atomic E-state index is 12.6. The predicted octanol–water partition coefficient (Wildman–Crippen LogP) is 3.75. The molecule has 0 atom stereocenters. The standard InChI is InChI=1S/C18H19ClN4O2S/c1-4-23-17(25)16-14(8-11(3)20-16)22-18(23)26-9-15(24)21-13-6-5-10(2)7-12(13)19/h5-8,20H,4,9H2,1-3H3,(H,21,24). The zero-order valence-corrected chi connectivity index (χ0v) is 16.3. The van der Waals surface area contributed by atoms with E-state index in [9.17, 15) is 9.59 Å². The second-order valence-corrected chi connectivity index (χ2v) is 7.33. The molecule has 26 heavy (non-hydrogen) atoms. The Morgan fingerprint density at radius 3 is 2.81 bits per heavy atom. The van der Waals surface area contributed by atoms with Crippen LogP contribution in [-0.4, -0.2) is 26.2 Å². The first-order chi connectivity index (χ1) is 12.4.